The van der Waals surface area contributed by atoms with Gasteiger partial charge in [0.15, 0.2) is 0 Å². The van der Waals surface area contributed by atoms with Crippen LogP contribution in [0.2, 0.25) is 0 Å². The van der Waals surface area contributed by atoms with Crippen LogP contribution < -0.4 is 10.5 Å². The zero-order valence-electron chi connectivity index (χ0n) is 11.6. The lowest BCUT2D eigenvalue weighted by Crippen LogP contribution is -2.30. The Morgan fingerprint density at radius 2 is 2.26 bits per heavy atom. The van der Waals surface area contributed by atoms with Gasteiger partial charge < -0.3 is 10.5 Å². The number of rotatable bonds is 6. The van der Waals surface area contributed by atoms with Crippen molar-refractivity contribution in [3.05, 3.63) is 29.8 Å². The van der Waals surface area contributed by atoms with E-state index in [1.165, 1.54) is 12.8 Å². The van der Waals surface area contributed by atoms with Gasteiger partial charge in [-0.2, -0.15) is 0 Å². The maximum absolute atomic E-state index is 5.80. The minimum Gasteiger partial charge on any atom is -0.492 e. The third-order valence-electron chi connectivity index (χ3n) is 3.29. The summed E-state index contributed by atoms with van der Waals surface area (Å²) >= 11 is 0. The van der Waals surface area contributed by atoms with E-state index < -0.39 is 0 Å². The summed E-state index contributed by atoms with van der Waals surface area (Å²) in [7, 11) is 0. The monoisotopic (exact) mass is 258 g/mol. The molecule has 2 rings (SSSR count). The molecule has 1 aliphatic rings. The lowest BCUT2D eigenvalue weighted by Gasteiger charge is -2.19. The van der Waals surface area contributed by atoms with Crippen molar-refractivity contribution in [2.45, 2.75) is 25.8 Å². The van der Waals surface area contributed by atoms with Crippen LogP contribution in [0.1, 0.15) is 25.3 Å². The topological polar surface area (TPSA) is 38.5 Å². The highest BCUT2D eigenvalue weighted by Gasteiger charge is 2.27. The molecule has 0 spiro atoms. The van der Waals surface area contributed by atoms with Gasteiger partial charge in [-0.1, -0.05) is 24.8 Å². The van der Waals surface area contributed by atoms with Crippen molar-refractivity contribution in [2.75, 3.05) is 26.2 Å². The highest BCUT2D eigenvalue weighted by Crippen LogP contribution is 2.26. The van der Waals surface area contributed by atoms with Crippen molar-refractivity contribution in [2.24, 2.45) is 5.73 Å². The summed E-state index contributed by atoms with van der Waals surface area (Å²) in [5.74, 6) is 6.76. The zero-order valence-corrected chi connectivity index (χ0v) is 11.6. The highest BCUT2D eigenvalue weighted by molar-refractivity contribution is 5.39. The van der Waals surface area contributed by atoms with Gasteiger partial charge in [0.25, 0.3) is 0 Å². The van der Waals surface area contributed by atoms with E-state index >= 15 is 0 Å². The third-order valence-corrected chi connectivity index (χ3v) is 3.29. The average molecular weight is 258 g/mol. The minimum absolute atomic E-state index is 0.387. The summed E-state index contributed by atoms with van der Waals surface area (Å²) in [6.07, 6.45) is 2.69. The fraction of sp³-hybridized carbons (Fsp3) is 0.500. The number of likely N-dealkylation sites (N-methyl/N-ethyl adjacent to an activating group) is 1. The summed E-state index contributed by atoms with van der Waals surface area (Å²) in [5, 5.41) is 0. The Bertz CT molecular complexity index is 457. The molecule has 3 heteroatoms. The third kappa shape index (κ3) is 4.59. The zero-order chi connectivity index (χ0) is 13.5. The van der Waals surface area contributed by atoms with Crippen LogP contribution in [0, 0.1) is 11.8 Å². The van der Waals surface area contributed by atoms with Crippen LogP contribution in [-0.2, 0) is 0 Å². The molecule has 0 aromatic heterocycles. The number of nitrogens with two attached hydrogens (primary N) is 1. The molecule has 0 bridgehead atoms. The molecule has 1 aromatic carbocycles. The van der Waals surface area contributed by atoms with E-state index in [0.29, 0.717) is 6.54 Å². The lowest BCUT2D eigenvalue weighted by molar-refractivity contribution is 0.209. The summed E-state index contributed by atoms with van der Waals surface area (Å²) in [4.78, 5) is 2.48. The van der Waals surface area contributed by atoms with Crippen molar-refractivity contribution < 1.29 is 4.74 Å². The predicted octanol–water partition coefficient (Wildman–Crippen LogP) is 1.86. The van der Waals surface area contributed by atoms with Gasteiger partial charge in [-0.25, -0.2) is 0 Å². The van der Waals surface area contributed by atoms with Gasteiger partial charge in [-0.3, -0.25) is 4.90 Å². The molecule has 0 unspecified atom stereocenters. The largest absolute Gasteiger partial charge is 0.492 e. The second-order valence-electron chi connectivity index (χ2n) is 4.74. The molecule has 1 aromatic rings. The maximum atomic E-state index is 5.80. The Balaban J connectivity index is 1.81. The minimum atomic E-state index is 0.387. The van der Waals surface area contributed by atoms with Gasteiger partial charge in [0, 0.05) is 18.2 Å². The molecule has 0 aliphatic heterocycles. The molecule has 0 saturated heterocycles. The van der Waals surface area contributed by atoms with Crippen molar-refractivity contribution in [3.63, 3.8) is 0 Å². The van der Waals surface area contributed by atoms with Gasteiger partial charge in [0.2, 0.25) is 0 Å². The smallest absolute Gasteiger partial charge is 0.120 e. The van der Waals surface area contributed by atoms with Gasteiger partial charge in [0.1, 0.15) is 12.4 Å². The summed E-state index contributed by atoms with van der Waals surface area (Å²) in [5.41, 5.74) is 6.32. The van der Waals surface area contributed by atoms with Crippen molar-refractivity contribution in [1.82, 2.24) is 4.90 Å². The van der Waals surface area contributed by atoms with E-state index in [0.717, 1.165) is 37.1 Å². The number of hydrogen-bond donors (Lipinski definition) is 1. The summed E-state index contributed by atoms with van der Waals surface area (Å²) < 4.78 is 5.80. The molecule has 19 heavy (non-hydrogen) atoms. The highest BCUT2D eigenvalue weighted by atomic mass is 16.5. The Kier molecular flexibility index (Phi) is 5.26. The van der Waals surface area contributed by atoms with Crippen LogP contribution in [0.5, 0.6) is 5.75 Å². The van der Waals surface area contributed by atoms with E-state index in [4.69, 9.17) is 10.5 Å². The number of nitrogens with zero attached hydrogens (tertiary/aromatic N) is 1. The van der Waals surface area contributed by atoms with Crippen molar-refractivity contribution in [1.29, 1.82) is 0 Å². The molecule has 0 atom stereocenters. The number of benzene rings is 1. The Labute approximate surface area is 115 Å². The molecule has 1 fully saturated rings. The van der Waals surface area contributed by atoms with E-state index in [2.05, 4.69) is 23.7 Å². The lowest BCUT2D eigenvalue weighted by atomic mass is 10.2. The van der Waals surface area contributed by atoms with Gasteiger partial charge >= 0.3 is 0 Å². The van der Waals surface area contributed by atoms with Crippen molar-refractivity contribution >= 4 is 0 Å². The van der Waals surface area contributed by atoms with E-state index in [-0.39, 0.29) is 0 Å². The van der Waals surface area contributed by atoms with Crippen LogP contribution in [-0.4, -0.2) is 37.2 Å². The Morgan fingerprint density at radius 3 is 2.95 bits per heavy atom. The van der Waals surface area contributed by atoms with Crippen LogP contribution in [0.15, 0.2) is 24.3 Å². The van der Waals surface area contributed by atoms with E-state index in [1.54, 1.807) is 0 Å². The van der Waals surface area contributed by atoms with Crippen LogP contribution >= 0.6 is 0 Å². The van der Waals surface area contributed by atoms with Gasteiger partial charge in [0.05, 0.1) is 6.54 Å². The second kappa shape index (κ2) is 7.18. The standard InChI is InChI=1S/C16H22N2O/c1-2-18(15-8-9-15)11-12-19-16-7-3-5-14(13-16)6-4-10-17/h3,5,7,13,15H,2,8-12,17H2,1H3. The molecule has 2 N–H and O–H groups in total. The van der Waals surface area contributed by atoms with E-state index in [1.807, 2.05) is 24.3 Å². The molecular formula is C16H22N2O. The molecule has 102 valence electrons. The molecule has 0 radical (unpaired) electrons. The summed E-state index contributed by atoms with van der Waals surface area (Å²) in [6.45, 7) is 5.44. The fourth-order valence-corrected chi connectivity index (χ4v) is 2.14. The van der Waals surface area contributed by atoms with Gasteiger partial charge in [-0.15, -0.1) is 0 Å². The maximum Gasteiger partial charge on any atom is 0.120 e. The first-order valence-corrected chi connectivity index (χ1v) is 6.99. The second-order valence-corrected chi connectivity index (χ2v) is 4.74. The first-order valence-electron chi connectivity index (χ1n) is 6.99. The molecule has 1 aliphatic carbocycles. The normalized spacial score (nSPS) is 14.1. The molecule has 0 heterocycles. The number of ether oxygens (including phenoxy) is 1. The van der Waals surface area contributed by atoms with Gasteiger partial charge in [-0.05, 0) is 37.6 Å². The fourth-order valence-electron chi connectivity index (χ4n) is 2.14. The molecule has 0 amide bonds. The Hall–Kier alpha value is -1.50. The average Bonchev–Trinajstić information content (AvgIpc) is 3.26. The first kappa shape index (κ1) is 13.9. The van der Waals surface area contributed by atoms with E-state index in [9.17, 15) is 0 Å². The molecular weight excluding hydrogens is 236 g/mol. The quantitative estimate of drug-likeness (QED) is 0.792. The molecule has 1 saturated carbocycles. The molecule has 3 nitrogen and oxygen atoms in total. The van der Waals surface area contributed by atoms with Crippen LogP contribution in [0.4, 0.5) is 0 Å². The SMILES string of the molecule is CCN(CCOc1cccc(C#CCN)c1)C1CC1. The Morgan fingerprint density at radius 1 is 1.42 bits per heavy atom. The summed E-state index contributed by atoms with van der Waals surface area (Å²) in [6, 6.07) is 8.68. The van der Waals surface area contributed by atoms with Crippen LogP contribution in [0.3, 0.4) is 0 Å². The first-order chi connectivity index (χ1) is 9.33. The predicted molar refractivity (Wildman–Crippen MR) is 78.1 cm³/mol. The van der Waals surface area contributed by atoms with Crippen molar-refractivity contribution in [3.8, 4) is 17.6 Å². The number of hydrogen-bond acceptors (Lipinski definition) is 3. The van der Waals surface area contributed by atoms with Crippen LogP contribution in [0.25, 0.3) is 0 Å².